The molecule has 0 aromatic carbocycles. The van der Waals surface area contributed by atoms with E-state index in [0.717, 1.165) is 13.1 Å². The van der Waals surface area contributed by atoms with Gasteiger partial charge in [-0.25, -0.2) is 0 Å². The van der Waals surface area contributed by atoms with Gasteiger partial charge in [-0.3, -0.25) is 0 Å². The molecule has 0 amide bonds. The maximum Gasteiger partial charge on any atom is 0.282 e. The molecule has 0 spiro atoms. The smallest absolute Gasteiger partial charge is 0.282 e. The molecule has 102 valence electrons. The van der Waals surface area contributed by atoms with E-state index < -0.39 is 10.2 Å². The van der Waals surface area contributed by atoms with Gasteiger partial charge in [0.05, 0.1) is 0 Å². The first-order valence-electron chi connectivity index (χ1n) is 5.92. The molecule has 1 unspecified atom stereocenters. The highest BCUT2D eigenvalue weighted by molar-refractivity contribution is 7.86. The van der Waals surface area contributed by atoms with Gasteiger partial charge in [0.1, 0.15) is 0 Å². The van der Waals surface area contributed by atoms with Crippen molar-refractivity contribution in [2.45, 2.75) is 19.4 Å². The van der Waals surface area contributed by atoms with Crippen LogP contribution in [0.5, 0.6) is 0 Å². The summed E-state index contributed by atoms with van der Waals surface area (Å²) in [5.74, 6) is 0. The fourth-order valence-electron chi connectivity index (χ4n) is 2.05. The van der Waals surface area contributed by atoms with Gasteiger partial charge in [0.15, 0.2) is 0 Å². The van der Waals surface area contributed by atoms with Crippen molar-refractivity contribution >= 4 is 10.2 Å². The Hall–Kier alpha value is -0.210. The molecule has 1 fully saturated rings. The summed E-state index contributed by atoms with van der Waals surface area (Å²) in [6, 6.07) is -0.00433. The van der Waals surface area contributed by atoms with Crippen LogP contribution in [-0.2, 0) is 10.2 Å². The Labute approximate surface area is 104 Å². The van der Waals surface area contributed by atoms with Gasteiger partial charge in [-0.05, 0) is 20.4 Å². The number of hydrogen-bond acceptors (Lipinski definition) is 4. The SMILES string of the molecule is CC1CN(C)CCN1S(=O)(=O)N(C)CCCO. The third-order valence-corrected chi connectivity index (χ3v) is 5.20. The minimum atomic E-state index is -3.38. The molecule has 0 bridgehead atoms. The van der Waals surface area contributed by atoms with Crippen LogP contribution < -0.4 is 0 Å². The zero-order valence-corrected chi connectivity index (χ0v) is 11.7. The maximum absolute atomic E-state index is 12.3. The van der Waals surface area contributed by atoms with Crippen molar-refractivity contribution in [2.75, 3.05) is 46.9 Å². The van der Waals surface area contributed by atoms with E-state index in [9.17, 15) is 8.42 Å². The van der Waals surface area contributed by atoms with Gasteiger partial charge >= 0.3 is 0 Å². The predicted molar refractivity (Wildman–Crippen MR) is 66.9 cm³/mol. The molecule has 0 radical (unpaired) electrons. The molecule has 0 saturated carbocycles. The molecule has 1 aliphatic rings. The number of hydrogen-bond donors (Lipinski definition) is 1. The van der Waals surface area contributed by atoms with Crippen molar-refractivity contribution in [3.05, 3.63) is 0 Å². The monoisotopic (exact) mass is 265 g/mol. The summed E-state index contributed by atoms with van der Waals surface area (Å²) >= 11 is 0. The molecule has 1 rings (SSSR count). The Bertz CT molecular complexity index is 334. The molecule has 6 nitrogen and oxygen atoms in total. The van der Waals surface area contributed by atoms with Gasteiger partial charge in [-0.1, -0.05) is 0 Å². The molecule has 1 heterocycles. The van der Waals surface area contributed by atoms with E-state index >= 15 is 0 Å². The van der Waals surface area contributed by atoms with Crippen molar-refractivity contribution in [3.8, 4) is 0 Å². The summed E-state index contributed by atoms with van der Waals surface area (Å²) in [6.07, 6.45) is 0.470. The van der Waals surface area contributed by atoms with Crippen LogP contribution in [0.2, 0.25) is 0 Å². The van der Waals surface area contributed by atoms with Crippen LogP contribution in [0, 0.1) is 0 Å². The standard InChI is InChI=1S/C10H23N3O3S/c1-10-9-11(2)6-7-13(10)17(15,16)12(3)5-4-8-14/h10,14H,4-9H2,1-3H3. The van der Waals surface area contributed by atoms with Crippen molar-refractivity contribution in [1.82, 2.24) is 13.5 Å². The average Bonchev–Trinajstić information content (AvgIpc) is 2.25. The Balaban J connectivity index is 2.69. The highest BCUT2D eigenvalue weighted by Crippen LogP contribution is 2.15. The van der Waals surface area contributed by atoms with Crippen LogP contribution >= 0.6 is 0 Å². The number of piperazine rings is 1. The minimum absolute atomic E-state index is 0.00433. The molecule has 0 aromatic heterocycles. The summed E-state index contributed by atoms with van der Waals surface area (Å²) in [6.45, 7) is 4.34. The number of aliphatic hydroxyl groups excluding tert-OH is 1. The summed E-state index contributed by atoms with van der Waals surface area (Å²) in [5.41, 5.74) is 0. The topological polar surface area (TPSA) is 64.1 Å². The molecule has 0 aromatic rings. The lowest BCUT2D eigenvalue weighted by molar-refractivity contribution is 0.162. The number of aliphatic hydroxyl groups is 1. The van der Waals surface area contributed by atoms with E-state index in [0.29, 0.717) is 19.5 Å². The number of nitrogens with zero attached hydrogens (tertiary/aromatic N) is 3. The first-order valence-corrected chi connectivity index (χ1v) is 7.31. The number of rotatable bonds is 5. The van der Waals surface area contributed by atoms with Crippen LogP contribution in [0.15, 0.2) is 0 Å². The molecule has 1 atom stereocenters. The Morgan fingerprint density at radius 3 is 2.59 bits per heavy atom. The van der Waals surface area contributed by atoms with E-state index in [1.807, 2.05) is 14.0 Å². The normalized spacial score (nSPS) is 24.4. The number of likely N-dealkylation sites (N-methyl/N-ethyl adjacent to an activating group) is 1. The Kier molecular flexibility index (Phi) is 5.33. The summed E-state index contributed by atoms with van der Waals surface area (Å²) < 4.78 is 27.4. The molecule has 17 heavy (non-hydrogen) atoms. The molecule has 7 heteroatoms. The lowest BCUT2D eigenvalue weighted by Gasteiger charge is -2.38. The zero-order chi connectivity index (χ0) is 13.1. The van der Waals surface area contributed by atoms with Crippen LogP contribution in [-0.4, -0.2) is 80.0 Å². The van der Waals surface area contributed by atoms with Gasteiger partial charge in [-0.2, -0.15) is 17.0 Å². The average molecular weight is 265 g/mol. The van der Waals surface area contributed by atoms with E-state index in [2.05, 4.69) is 4.90 Å². The van der Waals surface area contributed by atoms with Crippen molar-refractivity contribution in [2.24, 2.45) is 0 Å². The van der Waals surface area contributed by atoms with Crippen LogP contribution in [0.3, 0.4) is 0 Å². The van der Waals surface area contributed by atoms with Gasteiger partial charge in [0, 0.05) is 45.9 Å². The Morgan fingerprint density at radius 1 is 1.41 bits per heavy atom. The van der Waals surface area contributed by atoms with Gasteiger partial charge in [0.25, 0.3) is 10.2 Å². The fourth-order valence-corrected chi connectivity index (χ4v) is 3.61. The minimum Gasteiger partial charge on any atom is -0.396 e. The molecule has 1 saturated heterocycles. The molecular formula is C10H23N3O3S. The van der Waals surface area contributed by atoms with E-state index in [-0.39, 0.29) is 12.6 Å². The maximum atomic E-state index is 12.3. The highest BCUT2D eigenvalue weighted by Gasteiger charge is 2.33. The lowest BCUT2D eigenvalue weighted by Crippen LogP contribution is -2.56. The molecule has 1 aliphatic heterocycles. The van der Waals surface area contributed by atoms with E-state index in [4.69, 9.17) is 5.11 Å². The van der Waals surface area contributed by atoms with Crippen LogP contribution in [0.1, 0.15) is 13.3 Å². The first-order chi connectivity index (χ1) is 7.89. The van der Waals surface area contributed by atoms with Gasteiger partial charge < -0.3 is 10.0 Å². The highest BCUT2D eigenvalue weighted by atomic mass is 32.2. The molecular weight excluding hydrogens is 242 g/mol. The summed E-state index contributed by atoms with van der Waals surface area (Å²) in [4.78, 5) is 2.13. The first kappa shape index (κ1) is 14.8. The largest absolute Gasteiger partial charge is 0.396 e. The van der Waals surface area contributed by atoms with Crippen LogP contribution in [0.4, 0.5) is 0 Å². The second-order valence-corrected chi connectivity index (χ2v) is 6.62. The summed E-state index contributed by atoms with van der Waals surface area (Å²) in [5, 5.41) is 8.74. The third-order valence-electron chi connectivity index (χ3n) is 3.09. The molecule has 0 aliphatic carbocycles. The van der Waals surface area contributed by atoms with Crippen molar-refractivity contribution in [1.29, 1.82) is 0 Å². The second kappa shape index (κ2) is 6.10. The second-order valence-electron chi connectivity index (χ2n) is 4.63. The van der Waals surface area contributed by atoms with Crippen molar-refractivity contribution in [3.63, 3.8) is 0 Å². The molecule has 1 N–H and O–H groups in total. The third kappa shape index (κ3) is 3.62. The summed E-state index contributed by atoms with van der Waals surface area (Å²) in [7, 11) is 0.183. The fraction of sp³-hybridized carbons (Fsp3) is 1.00. The zero-order valence-electron chi connectivity index (χ0n) is 10.8. The van der Waals surface area contributed by atoms with Gasteiger partial charge in [0.2, 0.25) is 0 Å². The van der Waals surface area contributed by atoms with Crippen LogP contribution in [0.25, 0.3) is 0 Å². The van der Waals surface area contributed by atoms with Gasteiger partial charge in [-0.15, -0.1) is 0 Å². The van der Waals surface area contributed by atoms with Crippen molar-refractivity contribution < 1.29 is 13.5 Å². The van der Waals surface area contributed by atoms with E-state index in [1.54, 1.807) is 11.4 Å². The van der Waals surface area contributed by atoms with E-state index in [1.165, 1.54) is 4.31 Å². The Morgan fingerprint density at radius 2 is 2.06 bits per heavy atom. The quantitative estimate of drug-likeness (QED) is 0.705. The predicted octanol–water partition coefficient (Wildman–Crippen LogP) is -0.819. The lowest BCUT2D eigenvalue weighted by atomic mass is 10.2.